The lowest BCUT2D eigenvalue weighted by Crippen LogP contribution is -2.48. The van der Waals surface area contributed by atoms with Crippen molar-refractivity contribution in [1.29, 1.82) is 0 Å². The highest BCUT2D eigenvalue weighted by atomic mass is 16.5. The molecule has 0 radical (unpaired) electrons. The lowest BCUT2D eigenvalue weighted by Gasteiger charge is -2.36. The largest absolute Gasteiger partial charge is 0.381 e. The summed E-state index contributed by atoms with van der Waals surface area (Å²) in [5, 5.41) is 7.01. The molecule has 1 atom stereocenters. The topological polar surface area (TPSA) is 33.3 Å². The summed E-state index contributed by atoms with van der Waals surface area (Å²) in [7, 11) is 0. The summed E-state index contributed by atoms with van der Waals surface area (Å²) in [5.41, 5.74) is 0.468. The molecule has 0 aromatic rings. The number of rotatable bonds is 5. The van der Waals surface area contributed by atoms with Gasteiger partial charge >= 0.3 is 0 Å². The Morgan fingerprint density at radius 3 is 2.62 bits per heavy atom. The number of hydrogen-bond donors (Lipinski definition) is 2. The van der Waals surface area contributed by atoms with Crippen molar-refractivity contribution < 1.29 is 4.74 Å². The first kappa shape index (κ1) is 12.3. The molecule has 0 aliphatic carbocycles. The molecule has 2 fully saturated rings. The minimum atomic E-state index is 0.468. The lowest BCUT2D eigenvalue weighted by atomic mass is 9.82. The van der Waals surface area contributed by atoms with Gasteiger partial charge in [-0.25, -0.2) is 0 Å². The zero-order chi connectivity index (χ0) is 11.4. The van der Waals surface area contributed by atoms with Crippen molar-refractivity contribution in [3.05, 3.63) is 0 Å². The van der Waals surface area contributed by atoms with Gasteiger partial charge in [-0.2, -0.15) is 0 Å². The summed E-state index contributed by atoms with van der Waals surface area (Å²) in [6, 6.07) is 0. The minimum Gasteiger partial charge on any atom is -0.381 e. The molecular formula is C13H26N2O. The predicted molar refractivity (Wildman–Crippen MR) is 66.6 cm³/mol. The van der Waals surface area contributed by atoms with E-state index in [1.165, 1.54) is 32.5 Å². The van der Waals surface area contributed by atoms with Gasteiger partial charge in [0.25, 0.3) is 0 Å². The van der Waals surface area contributed by atoms with E-state index in [1.807, 2.05) is 0 Å². The fourth-order valence-corrected chi connectivity index (χ4v) is 2.52. The van der Waals surface area contributed by atoms with Crippen LogP contribution < -0.4 is 10.6 Å². The van der Waals surface area contributed by atoms with Crippen molar-refractivity contribution in [3.63, 3.8) is 0 Å². The fourth-order valence-electron chi connectivity index (χ4n) is 2.52. The first-order chi connectivity index (χ1) is 7.70. The highest BCUT2D eigenvalue weighted by Gasteiger charge is 2.28. The highest BCUT2D eigenvalue weighted by molar-refractivity contribution is 4.83. The van der Waals surface area contributed by atoms with Gasteiger partial charge in [-0.15, -0.1) is 0 Å². The molecule has 0 spiro atoms. The third-order valence-corrected chi connectivity index (χ3v) is 4.34. The summed E-state index contributed by atoms with van der Waals surface area (Å²) in [4.78, 5) is 0. The molecule has 1 unspecified atom stereocenters. The van der Waals surface area contributed by atoms with Crippen molar-refractivity contribution in [2.24, 2.45) is 17.3 Å². The van der Waals surface area contributed by atoms with E-state index in [-0.39, 0.29) is 0 Å². The Kier molecular flexibility index (Phi) is 4.22. The molecule has 94 valence electrons. The van der Waals surface area contributed by atoms with Crippen molar-refractivity contribution in [2.75, 3.05) is 39.4 Å². The van der Waals surface area contributed by atoms with Gasteiger partial charge in [0, 0.05) is 19.8 Å². The van der Waals surface area contributed by atoms with Gasteiger partial charge in [-0.3, -0.25) is 0 Å². The van der Waals surface area contributed by atoms with Crippen LogP contribution in [0.15, 0.2) is 0 Å². The van der Waals surface area contributed by atoms with E-state index in [2.05, 4.69) is 24.5 Å². The van der Waals surface area contributed by atoms with Crippen LogP contribution in [-0.2, 0) is 4.74 Å². The second-order valence-corrected chi connectivity index (χ2v) is 5.95. The molecule has 2 N–H and O–H groups in total. The molecule has 2 aliphatic rings. The van der Waals surface area contributed by atoms with Crippen LogP contribution in [0.1, 0.15) is 26.7 Å². The average Bonchev–Trinajstić information content (AvgIpc) is 2.15. The third-order valence-electron chi connectivity index (χ3n) is 4.34. The smallest absolute Gasteiger partial charge is 0.0471 e. The van der Waals surface area contributed by atoms with Gasteiger partial charge in [0.05, 0.1) is 0 Å². The molecule has 0 amide bonds. The van der Waals surface area contributed by atoms with Gasteiger partial charge in [0.15, 0.2) is 0 Å². The van der Waals surface area contributed by atoms with Crippen LogP contribution in [0.2, 0.25) is 0 Å². The van der Waals surface area contributed by atoms with Crippen LogP contribution in [0.4, 0.5) is 0 Å². The molecule has 3 nitrogen and oxygen atoms in total. The summed E-state index contributed by atoms with van der Waals surface area (Å²) in [6.45, 7) is 11.4. The van der Waals surface area contributed by atoms with Gasteiger partial charge in [0.1, 0.15) is 0 Å². The maximum absolute atomic E-state index is 5.42. The predicted octanol–water partition coefficient (Wildman–Crippen LogP) is 1.25. The van der Waals surface area contributed by atoms with Crippen LogP contribution in [-0.4, -0.2) is 39.4 Å². The van der Waals surface area contributed by atoms with Crippen molar-refractivity contribution in [2.45, 2.75) is 26.7 Å². The van der Waals surface area contributed by atoms with Crippen LogP contribution in [0.5, 0.6) is 0 Å². The van der Waals surface area contributed by atoms with E-state index in [0.717, 1.165) is 31.6 Å². The molecule has 0 aromatic heterocycles. The Labute approximate surface area is 99.3 Å². The Hall–Kier alpha value is -0.120. The molecule has 0 saturated carbocycles. The molecular weight excluding hydrogens is 200 g/mol. The lowest BCUT2D eigenvalue weighted by molar-refractivity contribution is 0.0234. The van der Waals surface area contributed by atoms with E-state index < -0.39 is 0 Å². The first-order valence-electron chi connectivity index (χ1n) is 6.69. The van der Waals surface area contributed by atoms with Crippen LogP contribution in [0.25, 0.3) is 0 Å². The molecule has 16 heavy (non-hydrogen) atoms. The fraction of sp³-hybridized carbons (Fsp3) is 1.00. The Morgan fingerprint density at radius 2 is 2.06 bits per heavy atom. The summed E-state index contributed by atoms with van der Waals surface area (Å²) in [6.07, 6.45) is 2.42. The second-order valence-electron chi connectivity index (χ2n) is 5.95. The Bertz CT molecular complexity index is 210. The molecule has 3 heteroatoms. The normalized spacial score (nSPS) is 27.4. The van der Waals surface area contributed by atoms with Crippen molar-refractivity contribution >= 4 is 0 Å². The van der Waals surface area contributed by atoms with Gasteiger partial charge in [0.2, 0.25) is 0 Å². The van der Waals surface area contributed by atoms with Crippen molar-refractivity contribution in [1.82, 2.24) is 10.6 Å². The third kappa shape index (κ3) is 3.19. The van der Waals surface area contributed by atoms with E-state index in [4.69, 9.17) is 4.74 Å². The molecule has 2 saturated heterocycles. The summed E-state index contributed by atoms with van der Waals surface area (Å²) >= 11 is 0. The maximum Gasteiger partial charge on any atom is 0.0471 e. The van der Waals surface area contributed by atoms with Gasteiger partial charge in [-0.1, -0.05) is 13.8 Å². The van der Waals surface area contributed by atoms with E-state index in [0.29, 0.717) is 5.41 Å². The second kappa shape index (κ2) is 5.48. The Morgan fingerprint density at radius 1 is 1.38 bits per heavy atom. The highest BCUT2D eigenvalue weighted by Crippen LogP contribution is 2.28. The number of nitrogens with one attached hydrogen (secondary N) is 2. The van der Waals surface area contributed by atoms with E-state index in [1.54, 1.807) is 0 Å². The van der Waals surface area contributed by atoms with Crippen molar-refractivity contribution in [3.8, 4) is 0 Å². The van der Waals surface area contributed by atoms with E-state index in [9.17, 15) is 0 Å². The summed E-state index contributed by atoms with van der Waals surface area (Å²) < 4.78 is 5.42. The SMILES string of the molecule is CC(CNCC1(C)CCOCC1)C1CNC1. The zero-order valence-corrected chi connectivity index (χ0v) is 10.7. The van der Waals surface area contributed by atoms with E-state index >= 15 is 0 Å². The monoisotopic (exact) mass is 226 g/mol. The van der Waals surface area contributed by atoms with Crippen LogP contribution in [0, 0.1) is 17.3 Å². The average molecular weight is 226 g/mol. The summed E-state index contributed by atoms with van der Waals surface area (Å²) in [5.74, 6) is 1.71. The van der Waals surface area contributed by atoms with Crippen LogP contribution in [0.3, 0.4) is 0 Å². The number of hydrogen-bond acceptors (Lipinski definition) is 3. The standard InChI is InChI=1S/C13H26N2O/c1-11(12-8-14-9-12)7-15-10-13(2)3-5-16-6-4-13/h11-12,14-15H,3-10H2,1-2H3. The molecule has 2 aliphatic heterocycles. The molecule has 0 aromatic carbocycles. The number of ether oxygens (including phenoxy) is 1. The Balaban J connectivity index is 1.62. The van der Waals surface area contributed by atoms with Gasteiger partial charge in [-0.05, 0) is 49.7 Å². The molecule has 2 rings (SSSR count). The van der Waals surface area contributed by atoms with Crippen LogP contribution >= 0.6 is 0 Å². The maximum atomic E-state index is 5.42. The minimum absolute atomic E-state index is 0.468. The van der Waals surface area contributed by atoms with Gasteiger partial charge < -0.3 is 15.4 Å². The zero-order valence-electron chi connectivity index (χ0n) is 10.7. The molecule has 2 heterocycles. The first-order valence-corrected chi connectivity index (χ1v) is 6.69. The quantitative estimate of drug-likeness (QED) is 0.740. The molecule has 0 bridgehead atoms.